The average Bonchev–Trinajstić information content (AvgIpc) is 2.63. The molecule has 2 rings (SSSR count). The van der Waals surface area contributed by atoms with Gasteiger partial charge in [0, 0.05) is 36.5 Å². The second-order valence-electron chi connectivity index (χ2n) is 3.21. The largest absolute Gasteiger partial charge is 0.379 e. The molecular formula is C11H8Br2ClNS. The first-order chi connectivity index (χ1) is 7.65. The Kier molecular flexibility index (Phi) is 4.30. The molecule has 2 aromatic rings. The van der Waals surface area contributed by atoms with Gasteiger partial charge in [-0.1, -0.05) is 11.6 Å². The van der Waals surface area contributed by atoms with Gasteiger partial charge < -0.3 is 5.32 Å². The monoisotopic (exact) mass is 379 g/mol. The fraction of sp³-hybridized carbons (Fsp3) is 0.0909. The van der Waals surface area contributed by atoms with Crippen LogP contribution in [-0.4, -0.2) is 0 Å². The second kappa shape index (κ2) is 5.54. The van der Waals surface area contributed by atoms with Gasteiger partial charge in [-0.2, -0.15) is 0 Å². The molecule has 1 aromatic carbocycles. The molecule has 1 aromatic heterocycles. The molecule has 0 amide bonds. The number of hydrogen-bond acceptors (Lipinski definition) is 2. The lowest BCUT2D eigenvalue weighted by Crippen LogP contribution is -1.97. The quantitative estimate of drug-likeness (QED) is 0.736. The van der Waals surface area contributed by atoms with E-state index in [1.54, 1.807) is 11.3 Å². The van der Waals surface area contributed by atoms with Crippen molar-refractivity contribution in [2.45, 2.75) is 6.54 Å². The normalized spacial score (nSPS) is 10.4. The van der Waals surface area contributed by atoms with Crippen LogP contribution < -0.4 is 5.32 Å². The fourth-order valence-corrected chi connectivity index (χ4v) is 3.48. The summed E-state index contributed by atoms with van der Waals surface area (Å²) in [6, 6.07) is 7.84. The van der Waals surface area contributed by atoms with Gasteiger partial charge in [0.05, 0.1) is 0 Å². The SMILES string of the molecule is Clc1ccc(NCc2cc(Br)cs2)c(Br)c1. The molecule has 1 nitrogen and oxygen atoms in total. The highest BCUT2D eigenvalue weighted by Crippen LogP contribution is 2.27. The smallest absolute Gasteiger partial charge is 0.0494 e. The maximum atomic E-state index is 5.88. The Balaban J connectivity index is 2.04. The van der Waals surface area contributed by atoms with Crippen LogP contribution in [0.1, 0.15) is 4.88 Å². The summed E-state index contributed by atoms with van der Waals surface area (Å²) >= 11 is 14.5. The van der Waals surface area contributed by atoms with Crippen LogP contribution in [0.25, 0.3) is 0 Å². The van der Waals surface area contributed by atoms with Crippen LogP contribution >= 0.6 is 54.8 Å². The van der Waals surface area contributed by atoms with E-state index in [0.717, 1.165) is 26.2 Å². The Morgan fingerprint density at radius 1 is 1.25 bits per heavy atom. The van der Waals surface area contributed by atoms with Crippen molar-refractivity contribution in [1.82, 2.24) is 0 Å². The van der Waals surface area contributed by atoms with Crippen LogP contribution in [0.15, 0.2) is 38.6 Å². The van der Waals surface area contributed by atoms with Gasteiger partial charge in [-0.05, 0) is 56.1 Å². The maximum absolute atomic E-state index is 5.88. The molecule has 0 aliphatic rings. The molecule has 5 heteroatoms. The summed E-state index contributed by atoms with van der Waals surface area (Å²) in [4.78, 5) is 1.29. The average molecular weight is 382 g/mol. The zero-order chi connectivity index (χ0) is 11.5. The van der Waals surface area contributed by atoms with Crippen LogP contribution in [0.3, 0.4) is 0 Å². The van der Waals surface area contributed by atoms with Crippen molar-refractivity contribution < 1.29 is 0 Å². The molecule has 0 saturated carbocycles. The predicted octanol–water partition coefficient (Wildman–Crippen LogP) is 5.54. The van der Waals surface area contributed by atoms with Gasteiger partial charge in [0.15, 0.2) is 0 Å². The third kappa shape index (κ3) is 3.23. The minimum Gasteiger partial charge on any atom is -0.379 e. The van der Waals surface area contributed by atoms with E-state index in [1.165, 1.54) is 4.88 Å². The molecular weight excluding hydrogens is 373 g/mol. The Morgan fingerprint density at radius 3 is 2.69 bits per heavy atom. The van der Waals surface area contributed by atoms with Gasteiger partial charge in [-0.15, -0.1) is 11.3 Å². The van der Waals surface area contributed by atoms with Crippen LogP contribution in [0.5, 0.6) is 0 Å². The van der Waals surface area contributed by atoms with Crippen LogP contribution in [0, 0.1) is 0 Å². The van der Waals surface area contributed by atoms with Crippen molar-refractivity contribution in [2.24, 2.45) is 0 Å². The number of nitrogens with one attached hydrogen (secondary N) is 1. The number of thiophene rings is 1. The molecule has 0 atom stereocenters. The van der Waals surface area contributed by atoms with Gasteiger partial charge in [-0.25, -0.2) is 0 Å². The van der Waals surface area contributed by atoms with E-state index in [9.17, 15) is 0 Å². The summed E-state index contributed by atoms with van der Waals surface area (Å²) in [7, 11) is 0. The fourth-order valence-electron chi connectivity index (χ4n) is 1.26. The number of hydrogen-bond donors (Lipinski definition) is 1. The van der Waals surface area contributed by atoms with Gasteiger partial charge in [-0.3, -0.25) is 0 Å². The van der Waals surface area contributed by atoms with Crippen molar-refractivity contribution in [3.63, 3.8) is 0 Å². The number of rotatable bonds is 3. The van der Waals surface area contributed by atoms with Crippen LogP contribution in [0.2, 0.25) is 5.02 Å². The third-order valence-electron chi connectivity index (χ3n) is 2.01. The topological polar surface area (TPSA) is 12.0 Å². The van der Waals surface area contributed by atoms with Gasteiger partial charge in [0.1, 0.15) is 0 Å². The van der Waals surface area contributed by atoms with E-state index in [1.807, 2.05) is 18.2 Å². The van der Waals surface area contributed by atoms with E-state index in [0.29, 0.717) is 0 Å². The number of anilines is 1. The van der Waals surface area contributed by atoms with Crippen LogP contribution in [-0.2, 0) is 6.54 Å². The molecule has 1 heterocycles. The Labute approximate surface area is 120 Å². The lowest BCUT2D eigenvalue weighted by Gasteiger charge is -2.07. The van der Waals surface area contributed by atoms with E-state index in [4.69, 9.17) is 11.6 Å². The molecule has 0 aliphatic carbocycles. The Morgan fingerprint density at radius 2 is 2.06 bits per heavy atom. The van der Waals surface area contributed by atoms with E-state index >= 15 is 0 Å². The summed E-state index contributed by atoms with van der Waals surface area (Å²) in [6.45, 7) is 0.816. The first-order valence-corrected chi connectivity index (χ1v) is 7.41. The third-order valence-corrected chi connectivity index (χ3v) is 4.59. The highest BCUT2D eigenvalue weighted by molar-refractivity contribution is 9.10. The van der Waals surface area contributed by atoms with E-state index < -0.39 is 0 Å². The number of halogens is 3. The second-order valence-corrected chi connectivity index (χ2v) is 6.41. The first-order valence-electron chi connectivity index (χ1n) is 4.57. The summed E-state index contributed by atoms with van der Waals surface area (Å²) in [5.41, 5.74) is 1.05. The summed E-state index contributed by atoms with van der Waals surface area (Å²) in [5.74, 6) is 0. The summed E-state index contributed by atoms with van der Waals surface area (Å²) in [5, 5.41) is 6.16. The standard InChI is InChI=1S/C11H8Br2ClNS/c12-7-3-9(16-6-7)5-15-11-2-1-8(14)4-10(11)13/h1-4,6,15H,5H2. The molecule has 1 N–H and O–H groups in total. The van der Waals surface area contributed by atoms with Crippen LogP contribution in [0.4, 0.5) is 5.69 Å². The van der Waals surface area contributed by atoms with E-state index in [2.05, 4.69) is 48.6 Å². The lowest BCUT2D eigenvalue weighted by atomic mass is 10.3. The Bertz CT molecular complexity index is 498. The number of benzene rings is 1. The molecule has 84 valence electrons. The van der Waals surface area contributed by atoms with Crippen molar-refractivity contribution in [3.8, 4) is 0 Å². The zero-order valence-electron chi connectivity index (χ0n) is 8.14. The summed E-state index contributed by atoms with van der Waals surface area (Å²) in [6.07, 6.45) is 0. The van der Waals surface area contributed by atoms with Crippen molar-refractivity contribution in [3.05, 3.63) is 48.5 Å². The molecule has 0 aliphatic heterocycles. The minimum atomic E-state index is 0.733. The van der Waals surface area contributed by atoms with Gasteiger partial charge in [0.25, 0.3) is 0 Å². The van der Waals surface area contributed by atoms with E-state index in [-0.39, 0.29) is 0 Å². The minimum absolute atomic E-state index is 0.733. The summed E-state index contributed by atoms with van der Waals surface area (Å²) < 4.78 is 2.11. The zero-order valence-corrected chi connectivity index (χ0v) is 12.9. The first kappa shape index (κ1) is 12.4. The van der Waals surface area contributed by atoms with Gasteiger partial charge in [0.2, 0.25) is 0 Å². The predicted molar refractivity (Wildman–Crippen MR) is 78.5 cm³/mol. The molecule has 0 radical (unpaired) electrons. The molecule has 0 spiro atoms. The molecule has 16 heavy (non-hydrogen) atoms. The molecule has 0 fully saturated rings. The highest BCUT2D eigenvalue weighted by Gasteiger charge is 2.01. The highest BCUT2D eigenvalue weighted by atomic mass is 79.9. The maximum Gasteiger partial charge on any atom is 0.0494 e. The van der Waals surface area contributed by atoms with Crippen molar-refractivity contribution >= 4 is 60.5 Å². The van der Waals surface area contributed by atoms with Gasteiger partial charge >= 0.3 is 0 Å². The molecule has 0 saturated heterocycles. The van der Waals surface area contributed by atoms with Crippen molar-refractivity contribution in [1.29, 1.82) is 0 Å². The lowest BCUT2D eigenvalue weighted by molar-refractivity contribution is 1.19. The molecule has 0 unspecified atom stereocenters. The Hall–Kier alpha value is -0.0300. The van der Waals surface area contributed by atoms with Crippen molar-refractivity contribution in [2.75, 3.05) is 5.32 Å². The molecule has 0 bridgehead atoms.